The summed E-state index contributed by atoms with van der Waals surface area (Å²) in [4.78, 5) is 1.33. The summed E-state index contributed by atoms with van der Waals surface area (Å²) in [6.07, 6.45) is 0. The normalized spacial score (nSPS) is 11.4. The van der Waals surface area contributed by atoms with E-state index in [2.05, 4.69) is 65.5 Å². The van der Waals surface area contributed by atoms with Crippen molar-refractivity contribution in [3.05, 3.63) is 30.3 Å². The first-order chi connectivity index (χ1) is 6.47. The summed E-state index contributed by atoms with van der Waals surface area (Å²) < 4.78 is 1.43. The predicted molar refractivity (Wildman–Crippen MR) is 71.2 cm³/mol. The van der Waals surface area contributed by atoms with E-state index >= 15 is 0 Å². The third kappa shape index (κ3) is 5.16. The van der Waals surface area contributed by atoms with Crippen LogP contribution in [0.25, 0.3) is 0 Å². The average Bonchev–Trinajstić information content (AvgIpc) is 2.02. The molecule has 0 saturated heterocycles. The number of rotatable bonds is 4. The van der Waals surface area contributed by atoms with Gasteiger partial charge in [0.25, 0.3) is 0 Å². The molecule has 0 aromatic heterocycles. The third-order valence-corrected chi connectivity index (χ3v) is 5.60. The van der Waals surface area contributed by atoms with Gasteiger partial charge < -0.3 is 0 Å². The molecule has 0 atom stereocenters. The van der Waals surface area contributed by atoms with Crippen LogP contribution in [0.5, 0.6) is 0 Å². The van der Waals surface area contributed by atoms with Crippen molar-refractivity contribution < 1.29 is 0 Å². The fraction of sp³-hybridized carbons (Fsp3) is 0.364. The van der Waals surface area contributed by atoms with Crippen molar-refractivity contribution in [2.45, 2.75) is 30.6 Å². The maximum atomic E-state index is 3.20. The summed E-state index contributed by atoms with van der Waals surface area (Å²) in [5.41, 5.74) is 0. The summed E-state index contributed by atoms with van der Waals surface area (Å²) in [6.45, 7) is 7.20. The van der Waals surface area contributed by atoms with Gasteiger partial charge in [-0.3, -0.25) is 0 Å². The molecule has 0 bridgehead atoms. The van der Waals surface area contributed by atoms with Gasteiger partial charge in [0.1, 0.15) is 0 Å². The van der Waals surface area contributed by atoms with Crippen molar-refractivity contribution in [3.63, 3.8) is 0 Å². The van der Waals surface area contributed by atoms with E-state index in [0.717, 1.165) is 0 Å². The van der Waals surface area contributed by atoms with E-state index < -0.39 is 8.07 Å². The minimum absolute atomic E-state index is 0.963. The summed E-state index contributed by atoms with van der Waals surface area (Å²) in [5, 5.41) is 0. The van der Waals surface area contributed by atoms with Crippen molar-refractivity contribution in [2.75, 3.05) is 0 Å². The minimum atomic E-state index is -0.963. The summed E-state index contributed by atoms with van der Waals surface area (Å²) >= 11 is 5.06. The van der Waals surface area contributed by atoms with Crippen LogP contribution in [-0.2, 0) is 0 Å². The molecule has 0 radical (unpaired) electrons. The van der Waals surface area contributed by atoms with Crippen LogP contribution in [0.15, 0.2) is 35.2 Å². The van der Waals surface area contributed by atoms with Crippen LogP contribution in [0, 0.1) is 0 Å². The molecule has 0 spiro atoms. The standard InChI is InChI=1S/C11H16SSeSi/c1-14(2,3)9-11(13)12-10-7-5-4-6-8-10/h4-8H,9H2,1-3H3. The molecule has 0 aliphatic rings. The van der Waals surface area contributed by atoms with Crippen LogP contribution in [0.2, 0.25) is 25.7 Å². The van der Waals surface area contributed by atoms with Crippen LogP contribution in [0.3, 0.4) is 0 Å². The molecular weight excluding hydrogens is 271 g/mol. The summed E-state index contributed by atoms with van der Waals surface area (Å²) in [6, 6.07) is 11.8. The van der Waals surface area contributed by atoms with Gasteiger partial charge in [-0.15, -0.1) is 0 Å². The van der Waals surface area contributed by atoms with Gasteiger partial charge >= 0.3 is 100 Å². The Balaban J connectivity index is 2.50. The molecule has 14 heavy (non-hydrogen) atoms. The van der Waals surface area contributed by atoms with Crippen molar-refractivity contribution >= 4 is 39.2 Å². The van der Waals surface area contributed by atoms with Gasteiger partial charge in [0.05, 0.1) is 0 Å². The molecule has 0 aliphatic heterocycles. The van der Waals surface area contributed by atoms with Gasteiger partial charge in [0.15, 0.2) is 0 Å². The zero-order valence-corrected chi connectivity index (χ0v) is 12.4. The molecule has 0 saturated carbocycles. The molecule has 3 heteroatoms. The van der Waals surface area contributed by atoms with Crippen molar-refractivity contribution in [1.82, 2.24) is 0 Å². The Morgan fingerprint density at radius 3 is 2.29 bits per heavy atom. The van der Waals surface area contributed by atoms with E-state index in [-0.39, 0.29) is 0 Å². The molecule has 1 aromatic rings. The monoisotopic (exact) mass is 288 g/mol. The second-order valence-electron chi connectivity index (χ2n) is 4.52. The fourth-order valence-corrected chi connectivity index (χ4v) is 7.43. The number of benzene rings is 1. The Kier molecular flexibility index (Phi) is 4.65. The Morgan fingerprint density at radius 2 is 1.79 bits per heavy atom. The molecule has 0 amide bonds. The predicted octanol–water partition coefficient (Wildman–Crippen LogP) is 3.42. The first-order valence-corrected chi connectivity index (χ1v) is 10.1. The van der Waals surface area contributed by atoms with Gasteiger partial charge in [-0.2, -0.15) is 0 Å². The molecule has 1 aromatic carbocycles. The molecule has 76 valence electrons. The van der Waals surface area contributed by atoms with Crippen LogP contribution in [-0.4, -0.2) is 27.4 Å². The number of thioether (sulfide) groups is 1. The Labute approximate surface area is 99.9 Å². The summed E-state index contributed by atoms with van der Waals surface area (Å²) in [5.74, 6) is 0. The number of hydrogen-bond acceptors (Lipinski definition) is 1. The third-order valence-electron chi connectivity index (χ3n) is 1.65. The van der Waals surface area contributed by atoms with E-state index in [9.17, 15) is 0 Å². The second-order valence-corrected chi connectivity index (χ2v) is 12.8. The number of hydrogen-bond donors (Lipinski definition) is 0. The van der Waals surface area contributed by atoms with Crippen molar-refractivity contribution in [2.24, 2.45) is 0 Å². The zero-order chi connectivity index (χ0) is 10.6. The van der Waals surface area contributed by atoms with Crippen molar-refractivity contribution in [3.8, 4) is 0 Å². The molecule has 0 nitrogen and oxygen atoms in total. The van der Waals surface area contributed by atoms with Crippen LogP contribution < -0.4 is 0 Å². The van der Waals surface area contributed by atoms with E-state index in [0.29, 0.717) is 0 Å². The van der Waals surface area contributed by atoms with E-state index in [1.807, 2.05) is 11.8 Å². The molecule has 0 N–H and O–H groups in total. The van der Waals surface area contributed by atoms with Crippen LogP contribution in [0.1, 0.15) is 0 Å². The first-order valence-electron chi connectivity index (χ1n) is 4.73. The fourth-order valence-electron chi connectivity index (χ4n) is 1.09. The Bertz CT molecular complexity index is 303. The molecule has 0 aliphatic carbocycles. The molecule has 0 heterocycles. The van der Waals surface area contributed by atoms with Gasteiger partial charge in [0.2, 0.25) is 0 Å². The van der Waals surface area contributed by atoms with Crippen molar-refractivity contribution in [1.29, 1.82) is 0 Å². The van der Waals surface area contributed by atoms with Gasteiger partial charge in [0, 0.05) is 0 Å². The van der Waals surface area contributed by atoms with E-state index in [4.69, 9.17) is 0 Å². The second kappa shape index (κ2) is 5.31. The SMILES string of the molecule is C[Si](C)(C)CC(=[Se])Sc1ccccc1. The summed E-state index contributed by atoms with van der Waals surface area (Å²) in [7, 11) is -0.963. The van der Waals surface area contributed by atoms with Gasteiger partial charge in [-0.1, -0.05) is 0 Å². The quantitative estimate of drug-likeness (QED) is 0.604. The van der Waals surface area contributed by atoms with Gasteiger partial charge in [-0.25, -0.2) is 0 Å². The molecule has 0 unspecified atom stereocenters. The van der Waals surface area contributed by atoms with E-state index in [1.54, 1.807) is 0 Å². The van der Waals surface area contributed by atoms with Gasteiger partial charge in [-0.05, 0) is 0 Å². The average molecular weight is 287 g/mol. The molecular formula is C11H16SSeSi. The Hall–Kier alpha value is 0.176. The maximum absolute atomic E-state index is 3.20. The van der Waals surface area contributed by atoms with Crippen LogP contribution in [0.4, 0.5) is 0 Å². The molecule has 0 fully saturated rings. The molecule has 1 rings (SSSR count). The topological polar surface area (TPSA) is 0 Å². The Morgan fingerprint density at radius 1 is 1.21 bits per heavy atom. The zero-order valence-electron chi connectivity index (χ0n) is 8.91. The van der Waals surface area contributed by atoms with E-state index in [1.165, 1.54) is 14.7 Å². The first kappa shape index (κ1) is 12.2. The van der Waals surface area contributed by atoms with Crippen LogP contribution >= 0.6 is 11.8 Å².